The molecule has 2 rings (SSSR count). The lowest BCUT2D eigenvalue weighted by Gasteiger charge is -2.34. The first kappa shape index (κ1) is 16.0. The van der Waals surface area contributed by atoms with Crippen LogP contribution in [0.15, 0.2) is 16.8 Å². The van der Waals surface area contributed by atoms with E-state index in [4.69, 9.17) is 5.73 Å². The van der Waals surface area contributed by atoms with Crippen LogP contribution in [0.5, 0.6) is 0 Å². The maximum atomic E-state index is 12.2. The van der Waals surface area contributed by atoms with Gasteiger partial charge in [-0.25, -0.2) is 0 Å². The zero-order chi connectivity index (χ0) is 15.2. The van der Waals surface area contributed by atoms with Gasteiger partial charge in [0.05, 0.1) is 5.56 Å². The van der Waals surface area contributed by atoms with Gasteiger partial charge in [0, 0.05) is 44.0 Å². The largest absolute Gasteiger partial charge is 0.339 e. The molecule has 2 heterocycles. The van der Waals surface area contributed by atoms with Crippen molar-refractivity contribution in [3.63, 3.8) is 0 Å². The number of piperazine rings is 1. The molecule has 5 nitrogen and oxygen atoms in total. The Morgan fingerprint density at radius 1 is 1.29 bits per heavy atom. The second-order valence-corrected chi connectivity index (χ2v) is 6.33. The minimum atomic E-state index is 0.0697. The van der Waals surface area contributed by atoms with E-state index in [1.165, 1.54) is 11.3 Å². The average Bonchev–Trinajstić information content (AvgIpc) is 3.00. The Bertz CT molecular complexity index is 465. The Morgan fingerprint density at radius 2 is 1.95 bits per heavy atom. The number of hydrogen-bond acceptors (Lipinski definition) is 4. The minimum Gasteiger partial charge on any atom is -0.339 e. The molecule has 1 aliphatic heterocycles. The average molecular weight is 309 g/mol. The lowest BCUT2D eigenvalue weighted by Crippen LogP contribution is -2.50. The molecule has 6 heteroatoms. The Kier molecular flexibility index (Phi) is 5.76. The second kappa shape index (κ2) is 7.56. The monoisotopic (exact) mass is 309 g/mol. The van der Waals surface area contributed by atoms with Crippen LogP contribution >= 0.6 is 11.3 Å². The Labute approximate surface area is 129 Å². The highest BCUT2D eigenvalue weighted by molar-refractivity contribution is 7.08. The van der Waals surface area contributed by atoms with Crippen LogP contribution in [0.4, 0.5) is 0 Å². The number of carbonyl (C=O) groups is 2. The maximum Gasteiger partial charge on any atom is 0.254 e. The summed E-state index contributed by atoms with van der Waals surface area (Å²) in [7, 11) is 0. The van der Waals surface area contributed by atoms with E-state index in [0.29, 0.717) is 32.6 Å². The van der Waals surface area contributed by atoms with Gasteiger partial charge in [0.2, 0.25) is 5.91 Å². The van der Waals surface area contributed by atoms with E-state index in [0.717, 1.165) is 18.4 Å². The predicted octanol–water partition coefficient (Wildman–Crippen LogP) is 1.55. The number of amides is 2. The highest BCUT2D eigenvalue weighted by atomic mass is 32.1. The van der Waals surface area contributed by atoms with E-state index in [2.05, 4.69) is 0 Å². The van der Waals surface area contributed by atoms with Crippen LogP contribution in [0.25, 0.3) is 0 Å². The smallest absolute Gasteiger partial charge is 0.254 e. The van der Waals surface area contributed by atoms with Gasteiger partial charge in [-0.1, -0.05) is 0 Å². The summed E-state index contributed by atoms with van der Waals surface area (Å²) in [5, 5.41) is 3.78. The molecule has 0 aromatic carbocycles. The topological polar surface area (TPSA) is 66.6 Å². The fourth-order valence-electron chi connectivity index (χ4n) is 2.46. The molecule has 1 aliphatic rings. The van der Waals surface area contributed by atoms with Crippen LogP contribution in [0.3, 0.4) is 0 Å². The molecule has 2 N–H and O–H groups in total. The van der Waals surface area contributed by atoms with Crippen molar-refractivity contribution in [3.05, 3.63) is 22.4 Å². The first-order chi connectivity index (χ1) is 10.1. The van der Waals surface area contributed by atoms with E-state index in [-0.39, 0.29) is 17.9 Å². The SMILES string of the molecule is CC(N)CCCC(=O)N1CCN(C(=O)c2ccsc2)CC1. The Morgan fingerprint density at radius 3 is 2.52 bits per heavy atom. The van der Waals surface area contributed by atoms with E-state index in [1.807, 2.05) is 33.6 Å². The van der Waals surface area contributed by atoms with Crippen molar-refractivity contribution in [2.45, 2.75) is 32.2 Å². The van der Waals surface area contributed by atoms with Gasteiger partial charge < -0.3 is 15.5 Å². The molecular weight excluding hydrogens is 286 g/mol. The zero-order valence-electron chi connectivity index (χ0n) is 12.5. The first-order valence-corrected chi connectivity index (χ1v) is 8.37. The number of nitrogens with zero attached hydrogens (tertiary/aromatic N) is 2. The molecule has 0 saturated carbocycles. The summed E-state index contributed by atoms with van der Waals surface area (Å²) in [5.41, 5.74) is 6.43. The number of thiophene rings is 1. The van der Waals surface area contributed by atoms with Gasteiger partial charge in [0.15, 0.2) is 0 Å². The number of rotatable bonds is 5. The van der Waals surface area contributed by atoms with E-state index >= 15 is 0 Å². The first-order valence-electron chi connectivity index (χ1n) is 7.42. The standard InChI is InChI=1S/C15H23N3O2S/c1-12(16)3-2-4-14(19)17-6-8-18(9-7-17)15(20)13-5-10-21-11-13/h5,10-12H,2-4,6-9,16H2,1H3. The number of nitrogens with two attached hydrogens (primary N) is 1. The molecule has 21 heavy (non-hydrogen) atoms. The van der Waals surface area contributed by atoms with Crippen molar-refractivity contribution in [2.24, 2.45) is 5.73 Å². The van der Waals surface area contributed by atoms with Crippen molar-refractivity contribution >= 4 is 23.2 Å². The van der Waals surface area contributed by atoms with E-state index < -0.39 is 0 Å². The van der Waals surface area contributed by atoms with Crippen molar-refractivity contribution < 1.29 is 9.59 Å². The lowest BCUT2D eigenvalue weighted by molar-refractivity contribution is -0.132. The summed E-state index contributed by atoms with van der Waals surface area (Å²) < 4.78 is 0. The van der Waals surface area contributed by atoms with Gasteiger partial charge >= 0.3 is 0 Å². The van der Waals surface area contributed by atoms with Crippen molar-refractivity contribution in [1.29, 1.82) is 0 Å². The van der Waals surface area contributed by atoms with Crippen molar-refractivity contribution in [3.8, 4) is 0 Å². The third-order valence-corrected chi connectivity index (χ3v) is 4.42. The molecule has 1 fully saturated rings. The van der Waals surface area contributed by atoms with E-state index in [1.54, 1.807) is 0 Å². The normalized spacial score (nSPS) is 16.9. The van der Waals surface area contributed by atoms with E-state index in [9.17, 15) is 9.59 Å². The van der Waals surface area contributed by atoms with Gasteiger partial charge in [-0.15, -0.1) is 0 Å². The number of carbonyl (C=O) groups excluding carboxylic acids is 2. The van der Waals surface area contributed by atoms with Gasteiger partial charge in [-0.05, 0) is 31.2 Å². The van der Waals surface area contributed by atoms with Crippen molar-refractivity contribution in [2.75, 3.05) is 26.2 Å². The molecule has 0 spiro atoms. The lowest BCUT2D eigenvalue weighted by atomic mass is 10.1. The third-order valence-electron chi connectivity index (χ3n) is 3.74. The van der Waals surface area contributed by atoms with Gasteiger partial charge in [0.1, 0.15) is 0 Å². The molecule has 1 unspecified atom stereocenters. The molecule has 2 amide bonds. The maximum absolute atomic E-state index is 12.2. The highest BCUT2D eigenvalue weighted by Crippen LogP contribution is 2.13. The molecule has 1 aromatic heterocycles. The van der Waals surface area contributed by atoms with Gasteiger partial charge in [-0.2, -0.15) is 11.3 Å². The summed E-state index contributed by atoms with van der Waals surface area (Å²) in [6.45, 7) is 4.46. The zero-order valence-corrected chi connectivity index (χ0v) is 13.3. The third kappa shape index (κ3) is 4.54. The fourth-order valence-corrected chi connectivity index (χ4v) is 3.09. The van der Waals surface area contributed by atoms with Crippen LogP contribution in [-0.4, -0.2) is 53.8 Å². The molecular formula is C15H23N3O2S. The molecule has 0 bridgehead atoms. The molecule has 1 aromatic rings. The molecule has 1 atom stereocenters. The predicted molar refractivity (Wildman–Crippen MR) is 84.3 cm³/mol. The summed E-state index contributed by atoms with van der Waals surface area (Å²) in [6, 6.07) is 2.00. The van der Waals surface area contributed by atoms with Crippen LogP contribution < -0.4 is 5.73 Å². The summed E-state index contributed by atoms with van der Waals surface area (Å²) >= 11 is 1.53. The van der Waals surface area contributed by atoms with Crippen LogP contribution in [-0.2, 0) is 4.79 Å². The summed E-state index contributed by atoms with van der Waals surface area (Å²) in [5.74, 6) is 0.249. The molecule has 0 radical (unpaired) electrons. The second-order valence-electron chi connectivity index (χ2n) is 5.55. The summed E-state index contributed by atoms with van der Waals surface area (Å²) in [6.07, 6.45) is 2.27. The quantitative estimate of drug-likeness (QED) is 0.897. The van der Waals surface area contributed by atoms with Gasteiger partial charge in [-0.3, -0.25) is 9.59 Å². The molecule has 1 saturated heterocycles. The highest BCUT2D eigenvalue weighted by Gasteiger charge is 2.24. The Balaban J connectivity index is 1.75. The Hall–Kier alpha value is -1.40. The van der Waals surface area contributed by atoms with Crippen LogP contribution in [0, 0.1) is 0 Å². The van der Waals surface area contributed by atoms with Crippen molar-refractivity contribution in [1.82, 2.24) is 9.80 Å². The molecule has 116 valence electrons. The molecule has 0 aliphatic carbocycles. The van der Waals surface area contributed by atoms with Crippen LogP contribution in [0.2, 0.25) is 0 Å². The van der Waals surface area contributed by atoms with Crippen LogP contribution in [0.1, 0.15) is 36.5 Å². The minimum absolute atomic E-state index is 0.0697. The number of hydrogen-bond donors (Lipinski definition) is 1. The van der Waals surface area contributed by atoms with Gasteiger partial charge in [0.25, 0.3) is 5.91 Å². The fraction of sp³-hybridized carbons (Fsp3) is 0.600. The summed E-state index contributed by atoms with van der Waals surface area (Å²) in [4.78, 5) is 28.0.